The van der Waals surface area contributed by atoms with Crippen LogP contribution in [0.25, 0.3) is 0 Å². The highest BCUT2D eigenvalue weighted by atomic mass is 32.2. The summed E-state index contributed by atoms with van der Waals surface area (Å²) in [7, 11) is -8.70. The van der Waals surface area contributed by atoms with Crippen molar-refractivity contribution in [2.75, 3.05) is 42.6 Å². The summed E-state index contributed by atoms with van der Waals surface area (Å²) in [6, 6.07) is 7.50. The molecule has 292 valence electrons. The van der Waals surface area contributed by atoms with E-state index in [1.807, 2.05) is 32.0 Å². The number of imide groups is 1. The molecule has 0 saturated carbocycles. The van der Waals surface area contributed by atoms with Gasteiger partial charge in [-0.3, -0.25) is 23.8 Å². The molecule has 0 aromatic heterocycles. The highest BCUT2D eigenvalue weighted by molar-refractivity contribution is 7.86. The van der Waals surface area contributed by atoms with E-state index in [1.165, 1.54) is 12.2 Å². The van der Waals surface area contributed by atoms with E-state index >= 15 is 0 Å². The van der Waals surface area contributed by atoms with Gasteiger partial charge in [0, 0.05) is 85.6 Å². The number of ether oxygens (including phenoxy) is 1. The number of amides is 3. The van der Waals surface area contributed by atoms with Crippen molar-refractivity contribution in [1.29, 1.82) is 0 Å². The lowest BCUT2D eigenvalue weighted by molar-refractivity contribution is -0.137. The van der Waals surface area contributed by atoms with Crippen LogP contribution in [0, 0.1) is 0 Å². The third-order valence-electron chi connectivity index (χ3n) is 10.8. The summed E-state index contributed by atoms with van der Waals surface area (Å²) in [6.45, 7) is 11.3. The molecule has 0 bridgehead atoms. The Balaban J connectivity index is 1.31. The molecule has 0 radical (unpaired) electrons. The van der Waals surface area contributed by atoms with Crippen molar-refractivity contribution in [2.45, 2.75) is 89.6 Å². The van der Waals surface area contributed by atoms with Gasteiger partial charge in [-0.2, -0.15) is 8.42 Å². The summed E-state index contributed by atoms with van der Waals surface area (Å²) in [5.41, 5.74) is 2.24. The van der Waals surface area contributed by atoms with Crippen molar-refractivity contribution in [2.24, 2.45) is 4.99 Å². The lowest BCUT2D eigenvalue weighted by atomic mass is 9.79. The van der Waals surface area contributed by atoms with Crippen LogP contribution in [0.3, 0.4) is 0 Å². The van der Waals surface area contributed by atoms with Crippen LogP contribution < -0.4 is 30.2 Å². The van der Waals surface area contributed by atoms with Gasteiger partial charge >= 0.3 is 0 Å². The number of carbonyl (C=O) groups is 3. The number of hydrogen-bond acceptors (Lipinski definition) is 11. The number of fused-ring (bicyclic) bond motifs is 4. The van der Waals surface area contributed by atoms with Crippen LogP contribution in [0.4, 0.5) is 11.4 Å². The summed E-state index contributed by atoms with van der Waals surface area (Å²) in [5.74, 6) is -1.54. The second kappa shape index (κ2) is 14.5. The minimum Gasteiger partial charge on any atom is -0.748 e. The van der Waals surface area contributed by atoms with Gasteiger partial charge in [0.15, 0.2) is 17.0 Å². The first-order chi connectivity index (χ1) is 25.1. The first-order valence-corrected chi connectivity index (χ1v) is 21.3. The van der Waals surface area contributed by atoms with Crippen LogP contribution >= 0.6 is 0 Å². The molecule has 6 rings (SSSR count). The molecule has 3 amide bonds. The summed E-state index contributed by atoms with van der Waals surface area (Å²) in [6.07, 6.45) is 4.37. The van der Waals surface area contributed by atoms with Gasteiger partial charge in [0.25, 0.3) is 21.9 Å². The Morgan fingerprint density at radius 2 is 1.70 bits per heavy atom. The van der Waals surface area contributed by atoms with Crippen LogP contribution in [0.2, 0.25) is 0 Å². The number of carbonyl (C=O) groups excluding carboxylic acids is 3. The third kappa shape index (κ3) is 8.53. The zero-order valence-electron chi connectivity index (χ0n) is 31.1. The average molecular weight is 786 g/mol. The van der Waals surface area contributed by atoms with E-state index in [2.05, 4.69) is 35.6 Å². The molecule has 0 aliphatic carbocycles. The summed E-state index contributed by atoms with van der Waals surface area (Å²) in [5, 5.41) is 3.92. The van der Waals surface area contributed by atoms with Crippen molar-refractivity contribution in [3.05, 3.63) is 58.3 Å². The summed E-state index contributed by atoms with van der Waals surface area (Å²) < 4.78 is 77.3. The molecule has 17 heteroatoms. The van der Waals surface area contributed by atoms with E-state index < -0.39 is 49.3 Å². The van der Waals surface area contributed by atoms with E-state index in [9.17, 15) is 40.3 Å². The van der Waals surface area contributed by atoms with E-state index in [1.54, 1.807) is 6.07 Å². The minimum absolute atomic E-state index is 0.0674. The van der Waals surface area contributed by atoms with Crippen LogP contribution in [0.5, 0.6) is 11.5 Å². The van der Waals surface area contributed by atoms with E-state index in [-0.39, 0.29) is 49.0 Å². The largest absolute Gasteiger partial charge is 0.748 e. The van der Waals surface area contributed by atoms with E-state index in [4.69, 9.17) is 9.73 Å². The molecule has 15 nitrogen and oxygen atoms in total. The number of nitrogens with one attached hydrogen (secondary N) is 1. The Bertz CT molecular complexity index is 2270. The molecule has 2 N–H and O–H groups in total. The third-order valence-corrected chi connectivity index (χ3v) is 12.4. The maximum Gasteiger partial charge on any atom is 0.264 e. The average Bonchev–Trinajstić information content (AvgIpc) is 3.36. The number of nitrogens with zero attached hydrogens (tertiary/aromatic N) is 4. The standard InChI is InChI=1S/C37H47N5O10S2/c1-23-20-36(2,3)42(13-7-15-53(46,47)48)29-18-31-27(16-25(23)29)39-28-17-26-24(22-54(49,50)51)21-37(4,5)41(30(26)19-32(28)52-31)12-6-8-33(43)38-11-14-40-34(44)9-10-35(40)45/h9-10,16-19,23-24H,6-8,11-15,20-22H2,1-5H3,(H2-,38,43,46,47,48,49,50,51). The molecule has 2 aromatic rings. The highest BCUT2D eigenvalue weighted by Crippen LogP contribution is 2.49. The summed E-state index contributed by atoms with van der Waals surface area (Å²) in [4.78, 5) is 44.5. The maximum absolute atomic E-state index is 12.7. The molecule has 4 aliphatic heterocycles. The fourth-order valence-corrected chi connectivity index (χ4v) is 9.74. The lowest BCUT2D eigenvalue weighted by Crippen LogP contribution is -2.54. The molecule has 4 heterocycles. The molecule has 4 aliphatic rings. The number of anilines is 1. The quantitative estimate of drug-likeness (QED) is 0.146. The molecule has 0 saturated heterocycles. The van der Waals surface area contributed by atoms with Gasteiger partial charge in [-0.05, 0) is 64.2 Å². The van der Waals surface area contributed by atoms with Crippen LogP contribution in [0.15, 0.2) is 41.4 Å². The van der Waals surface area contributed by atoms with Gasteiger partial charge in [-0.15, -0.1) is 0 Å². The van der Waals surface area contributed by atoms with Gasteiger partial charge in [0.1, 0.15) is 17.6 Å². The molecule has 54 heavy (non-hydrogen) atoms. The van der Waals surface area contributed by atoms with Crippen molar-refractivity contribution < 1.29 is 45.1 Å². The lowest BCUT2D eigenvalue weighted by Gasteiger charge is -2.48. The Kier molecular flexibility index (Phi) is 10.6. The Labute approximate surface area is 315 Å². The molecular formula is C37H47N5O10S2. The molecule has 2 atom stereocenters. The molecule has 2 aromatic carbocycles. The molecular weight excluding hydrogens is 739 g/mol. The number of hydrogen-bond donors (Lipinski definition) is 2. The van der Waals surface area contributed by atoms with Gasteiger partial charge in [-0.1, -0.05) is 6.92 Å². The monoisotopic (exact) mass is 785 g/mol. The van der Waals surface area contributed by atoms with Gasteiger partial charge < -0.3 is 19.5 Å². The van der Waals surface area contributed by atoms with Crippen molar-refractivity contribution in [1.82, 2.24) is 14.8 Å². The van der Waals surface area contributed by atoms with Crippen LogP contribution in [0.1, 0.15) is 89.7 Å². The van der Waals surface area contributed by atoms with E-state index in [0.29, 0.717) is 59.4 Å². The Morgan fingerprint density at radius 3 is 2.37 bits per heavy atom. The first-order valence-electron chi connectivity index (χ1n) is 18.1. The smallest absolute Gasteiger partial charge is 0.264 e. The van der Waals surface area contributed by atoms with E-state index in [0.717, 1.165) is 22.6 Å². The minimum atomic E-state index is -4.59. The predicted molar refractivity (Wildman–Crippen MR) is 199 cm³/mol. The van der Waals surface area contributed by atoms with Gasteiger partial charge in [0.05, 0.1) is 21.9 Å². The van der Waals surface area contributed by atoms with Crippen LogP contribution in [-0.2, 0) is 34.6 Å². The highest BCUT2D eigenvalue weighted by Gasteiger charge is 2.42. The van der Waals surface area contributed by atoms with Crippen LogP contribution in [-0.4, -0.2) is 97.3 Å². The maximum atomic E-state index is 12.7. The SMILES string of the molecule is CC1CC(C)(C)N(CCCS(=O)(=O)O)c2cc3c(cc21)N=c1cc2c(cc1O3)=[N+](CCCC(=O)NCCN1C(=O)C=CC1=O)C(C)(C)CC2CS(=O)(=O)[O-]. The number of benzene rings is 2. The zero-order valence-corrected chi connectivity index (χ0v) is 32.8. The Morgan fingerprint density at radius 1 is 1.00 bits per heavy atom. The first kappa shape index (κ1) is 39.5. The second-order valence-corrected chi connectivity index (χ2v) is 18.9. The fraction of sp³-hybridized carbons (Fsp3) is 0.541. The second-order valence-electron chi connectivity index (χ2n) is 15.9. The Hall–Kier alpha value is -4.19. The summed E-state index contributed by atoms with van der Waals surface area (Å²) >= 11 is 0. The number of rotatable bonds is 13. The van der Waals surface area contributed by atoms with Crippen molar-refractivity contribution in [3.8, 4) is 11.5 Å². The fourth-order valence-electron chi connectivity index (χ4n) is 8.46. The normalized spacial score (nSPS) is 21.1. The van der Waals surface area contributed by atoms with Gasteiger partial charge in [0.2, 0.25) is 11.3 Å². The predicted octanol–water partition coefficient (Wildman–Crippen LogP) is 2.24. The topological polar surface area (TPSA) is 206 Å². The van der Waals surface area contributed by atoms with Gasteiger partial charge in [-0.25, -0.2) is 18.0 Å². The molecule has 0 fully saturated rings. The van der Waals surface area contributed by atoms with Crippen molar-refractivity contribution in [3.63, 3.8) is 0 Å². The molecule has 0 spiro atoms. The van der Waals surface area contributed by atoms with Crippen molar-refractivity contribution >= 4 is 49.3 Å². The molecule has 2 unspecified atom stereocenters. The zero-order chi connectivity index (χ0) is 39.4.